The quantitative estimate of drug-likeness (QED) is 0.220. The molecule has 8 nitrogen and oxygen atoms in total. The lowest BCUT2D eigenvalue weighted by molar-refractivity contribution is 0.911. The van der Waals surface area contributed by atoms with Crippen molar-refractivity contribution in [3.63, 3.8) is 0 Å². The Hall–Kier alpha value is -2.85. The zero-order valence-electron chi connectivity index (χ0n) is 15.8. The topological polar surface area (TPSA) is 135 Å². The molecule has 0 aliphatic rings. The van der Waals surface area contributed by atoms with Gasteiger partial charge in [0, 0.05) is 35.2 Å². The third-order valence-electron chi connectivity index (χ3n) is 3.95. The molecule has 0 saturated heterocycles. The molecule has 0 spiro atoms. The van der Waals surface area contributed by atoms with Crippen molar-refractivity contribution >= 4 is 40.1 Å². The van der Waals surface area contributed by atoms with Gasteiger partial charge in [0.25, 0.3) is 5.56 Å². The number of aromatic amines is 1. The van der Waals surface area contributed by atoms with Gasteiger partial charge in [-0.25, -0.2) is 9.97 Å². The molecule has 0 saturated carbocycles. The van der Waals surface area contributed by atoms with Crippen LogP contribution in [-0.4, -0.2) is 33.2 Å². The number of rotatable bonds is 10. The van der Waals surface area contributed by atoms with Crippen LogP contribution in [0.4, 0.5) is 11.1 Å². The van der Waals surface area contributed by atoms with E-state index in [2.05, 4.69) is 37.4 Å². The number of aryl methyl sites for hydroxylation is 2. The average molecular weight is 430 g/mol. The maximum absolute atomic E-state index is 12.2. The number of hydrogen-bond acceptors (Lipinski definition) is 7. The predicted octanol–water partition coefficient (Wildman–Crippen LogP) is 2.26. The maximum atomic E-state index is 12.2. The first-order valence-corrected chi connectivity index (χ1v) is 11.1. The number of guanidine groups is 1. The van der Waals surface area contributed by atoms with E-state index in [1.54, 1.807) is 18.0 Å². The van der Waals surface area contributed by atoms with Crippen LogP contribution in [0.2, 0.25) is 0 Å². The predicted molar refractivity (Wildman–Crippen MR) is 121 cm³/mol. The third-order valence-corrected chi connectivity index (χ3v) is 5.73. The summed E-state index contributed by atoms with van der Waals surface area (Å²) in [6.45, 7) is 0.682. The Bertz CT molecular complexity index is 997. The monoisotopic (exact) mass is 429 g/mol. The van der Waals surface area contributed by atoms with Crippen molar-refractivity contribution in [1.82, 2.24) is 15.0 Å². The smallest absolute Gasteiger partial charge is 0.255 e. The normalized spacial score (nSPS) is 10.6. The molecule has 0 aliphatic heterocycles. The summed E-state index contributed by atoms with van der Waals surface area (Å²) in [7, 11) is 0. The fourth-order valence-corrected chi connectivity index (χ4v) is 4.11. The lowest BCUT2D eigenvalue weighted by Gasteiger charge is -2.06. The number of nitrogens with two attached hydrogens (primary N) is 2. The second-order valence-electron chi connectivity index (χ2n) is 6.21. The molecule has 0 radical (unpaired) electrons. The minimum atomic E-state index is -0.0965. The Labute approximate surface area is 176 Å². The zero-order valence-corrected chi connectivity index (χ0v) is 17.4. The summed E-state index contributed by atoms with van der Waals surface area (Å²) in [6.07, 6.45) is 3.13. The van der Waals surface area contributed by atoms with Crippen molar-refractivity contribution in [3.8, 4) is 0 Å². The number of anilines is 1. The fraction of sp³-hybridized carbons (Fsp3) is 0.263. The molecular formula is C19H23N7OS2. The second kappa shape index (κ2) is 10.6. The lowest BCUT2D eigenvalue weighted by Crippen LogP contribution is -2.21. The highest BCUT2D eigenvalue weighted by molar-refractivity contribution is 7.98. The number of aliphatic imine (C=N–C) groups is 1. The van der Waals surface area contributed by atoms with Crippen LogP contribution >= 0.6 is 23.1 Å². The molecule has 0 bridgehead atoms. The molecule has 1 aromatic carbocycles. The molecule has 6 N–H and O–H groups in total. The Balaban J connectivity index is 1.39. The van der Waals surface area contributed by atoms with Gasteiger partial charge in [-0.15, -0.1) is 11.3 Å². The summed E-state index contributed by atoms with van der Waals surface area (Å²) in [6, 6.07) is 10.1. The molecular weight excluding hydrogens is 406 g/mol. The van der Waals surface area contributed by atoms with E-state index in [9.17, 15) is 4.79 Å². The molecule has 0 amide bonds. The summed E-state index contributed by atoms with van der Waals surface area (Å²) >= 11 is 3.13. The minimum Gasteiger partial charge on any atom is -0.370 e. The van der Waals surface area contributed by atoms with Gasteiger partial charge in [-0.1, -0.05) is 30.3 Å². The van der Waals surface area contributed by atoms with Gasteiger partial charge in [0.05, 0.1) is 5.69 Å². The molecule has 10 heteroatoms. The van der Waals surface area contributed by atoms with Gasteiger partial charge in [0.15, 0.2) is 5.96 Å². The fourth-order valence-electron chi connectivity index (χ4n) is 2.56. The molecule has 3 aromatic rings. The summed E-state index contributed by atoms with van der Waals surface area (Å²) in [5, 5.41) is 5.65. The summed E-state index contributed by atoms with van der Waals surface area (Å²) in [4.78, 5) is 27.6. The largest absolute Gasteiger partial charge is 0.370 e. The number of thioether (sulfide) groups is 1. The third kappa shape index (κ3) is 6.91. The molecule has 0 atom stereocenters. The Kier molecular flexibility index (Phi) is 7.65. The molecule has 0 aliphatic carbocycles. The van der Waals surface area contributed by atoms with E-state index in [1.165, 1.54) is 16.9 Å². The number of benzene rings is 1. The summed E-state index contributed by atoms with van der Waals surface area (Å²) in [5.74, 6) is 2.10. The molecule has 0 unspecified atom stereocenters. The second-order valence-corrected chi connectivity index (χ2v) is 8.15. The SMILES string of the molecule is NC(N)=Nc1nc(CSCCNc2ncc(CCc3ccccc3)c(=O)[nH]2)cs1. The average Bonchev–Trinajstić information content (AvgIpc) is 3.14. The van der Waals surface area contributed by atoms with E-state index in [0.29, 0.717) is 29.6 Å². The standard InChI is InChI=1S/C19H23N7OS2/c20-17(21)26-19-24-15(12-29-19)11-28-9-8-22-18-23-10-14(16(27)25-18)7-6-13-4-2-1-3-5-13/h1-5,10,12H,6-9,11H2,(H4,20,21,24,26)(H2,22,23,25,27). The number of H-pyrrole nitrogens is 1. The number of nitrogens with one attached hydrogen (secondary N) is 2. The van der Waals surface area contributed by atoms with Gasteiger partial charge in [-0.2, -0.15) is 16.8 Å². The van der Waals surface area contributed by atoms with Gasteiger partial charge in [0.2, 0.25) is 11.1 Å². The van der Waals surface area contributed by atoms with E-state index in [1.807, 2.05) is 23.6 Å². The van der Waals surface area contributed by atoms with Crippen molar-refractivity contribution in [2.75, 3.05) is 17.6 Å². The van der Waals surface area contributed by atoms with Crippen molar-refractivity contribution in [3.05, 3.63) is 69.1 Å². The van der Waals surface area contributed by atoms with Crippen LogP contribution in [0, 0.1) is 0 Å². The highest BCUT2D eigenvalue weighted by atomic mass is 32.2. The van der Waals surface area contributed by atoms with Crippen molar-refractivity contribution in [1.29, 1.82) is 0 Å². The van der Waals surface area contributed by atoms with Crippen LogP contribution in [0.25, 0.3) is 0 Å². The Morgan fingerprint density at radius 1 is 1.24 bits per heavy atom. The first-order chi connectivity index (χ1) is 14.1. The van der Waals surface area contributed by atoms with E-state index in [-0.39, 0.29) is 11.5 Å². The highest BCUT2D eigenvalue weighted by Gasteiger charge is 2.04. The Morgan fingerprint density at radius 3 is 2.83 bits per heavy atom. The molecule has 2 heterocycles. The van der Waals surface area contributed by atoms with Gasteiger partial charge in [-0.3, -0.25) is 9.78 Å². The van der Waals surface area contributed by atoms with Crippen LogP contribution in [0.3, 0.4) is 0 Å². The van der Waals surface area contributed by atoms with Gasteiger partial charge < -0.3 is 16.8 Å². The first-order valence-electron chi connectivity index (χ1n) is 9.08. The van der Waals surface area contributed by atoms with Crippen molar-refractivity contribution in [2.45, 2.75) is 18.6 Å². The number of thiazole rings is 1. The summed E-state index contributed by atoms with van der Waals surface area (Å²) < 4.78 is 0. The first kappa shape index (κ1) is 20.9. The van der Waals surface area contributed by atoms with Crippen molar-refractivity contribution in [2.24, 2.45) is 16.5 Å². The van der Waals surface area contributed by atoms with Crippen LogP contribution in [-0.2, 0) is 18.6 Å². The molecule has 3 rings (SSSR count). The lowest BCUT2D eigenvalue weighted by atomic mass is 10.1. The zero-order chi connectivity index (χ0) is 20.5. The molecule has 29 heavy (non-hydrogen) atoms. The van der Waals surface area contributed by atoms with Crippen molar-refractivity contribution < 1.29 is 0 Å². The number of nitrogens with zero attached hydrogens (tertiary/aromatic N) is 3. The van der Waals surface area contributed by atoms with E-state index < -0.39 is 0 Å². The van der Waals surface area contributed by atoms with Crippen LogP contribution in [0.5, 0.6) is 0 Å². The molecule has 2 aromatic heterocycles. The van der Waals surface area contributed by atoms with E-state index in [0.717, 1.165) is 23.6 Å². The van der Waals surface area contributed by atoms with Crippen LogP contribution in [0.15, 0.2) is 51.7 Å². The van der Waals surface area contributed by atoms with Gasteiger partial charge in [-0.05, 0) is 18.4 Å². The maximum Gasteiger partial charge on any atom is 0.255 e. The minimum absolute atomic E-state index is 0.00956. The number of aromatic nitrogens is 3. The highest BCUT2D eigenvalue weighted by Crippen LogP contribution is 2.21. The molecule has 0 fully saturated rings. The number of hydrogen-bond donors (Lipinski definition) is 4. The van der Waals surface area contributed by atoms with E-state index >= 15 is 0 Å². The van der Waals surface area contributed by atoms with E-state index in [4.69, 9.17) is 11.5 Å². The Morgan fingerprint density at radius 2 is 2.07 bits per heavy atom. The van der Waals surface area contributed by atoms with Gasteiger partial charge in [0.1, 0.15) is 0 Å². The van der Waals surface area contributed by atoms with Crippen LogP contribution in [0.1, 0.15) is 16.8 Å². The van der Waals surface area contributed by atoms with Gasteiger partial charge >= 0.3 is 0 Å². The summed E-state index contributed by atoms with van der Waals surface area (Å²) in [5.41, 5.74) is 13.4. The molecule has 152 valence electrons. The van der Waals surface area contributed by atoms with Crippen LogP contribution < -0.4 is 22.3 Å².